The van der Waals surface area contributed by atoms with E-state index in [1.54, 1.807) is 20.2 Å². The van der Waals surface area contributed by atoms with Crippen LogP contribution in [0.2, 0.25) is 0 Å². The van der Waals surface area contributed by atoms with Gasteiger partial charge in [-0.2, -0.15) is 0 Å². The van der Waals surface area contributed by atoms with Crippen LogP contribution in [0.1, 0.15) is 5.69 Å². The number of aromatic amines is 1. The van der Waals surface area contributed by atoms with Crippen LogP contribution >= 0.6 is 0 Å². The van der Waals surface area contributed by atoms with Crippen LogP contribution in [0.5, 0.6) is 0 Å². The minimum absolute atomic E-state index is 0.353. The lowest BCUT2D eigenvalue weighted by atomic mass is 10.5. The number of fused-ring (bicyclic) bond motifs is 1. The van der Waals surface area contributed by atoms with E-state index in [2.05, 4.69) is 9.97 Å². The predicted molar refractivity (Wildman–Crippen MR) is 45.8 cm³/mol. The van der Waals surface area contributed by atoms with E-state index >= 15 is 0 Å². The first-order chi connectivity index (χ1) is 6.11. The van der Waals surface area contributed by atoms with E-state index in [0.29, 0.717) is 11.5 Å². The average Bonchev–Trinajstić information content (AvgIpc) is 2.44. The van der Waals surface area contributed by atoms with Crippen molar-refractivity contribution in [3.05, 3.63) is 32.9 Å². The molecule has 2 aromatic rings. The first kappa shape index (κ1) is 7.78. The molecule has 0 unspecified atom stereocenters. The highest BCUT2D eigenvalue weighted by Crippen LogP contribution is 1.96. The number of rotatable bonds is 0. The SMILES string of the molecule is Cc1cnc2n(C)c(=O)[nH]c(=O)n12. The highest BCUT2D eigenvalue weighted by atomic mass is 16.2. The van der Waals surface area contributed by atoms with Gasteiger partial charge in [0.15, 0.2) is 0 Å². The zero-order chi connectivity index (χ0) is 9.59. The van der Waals surface area contributed by atoms with Gasteiger partial charge < -0.3 is 0 Å². The predicted octanol–water partition coefficient (Wildman–Crippen LogP) is -0.970. The number of imidazole rings is 1. The molecular weight excluding hydrogens is 172 g/mol. The summed E-state index contributed by atoms with van der Waals surface area (Å²) in [5.41, 5.74) is -0.206. The Balaban J connectivity index is 3.18. The van der Waals surface area contributed by atoms with Gasteiger partial charge in [0.05, 0.1) is 6.20 Å². The number of nitrogens with zero attached hydrogens (tertiary/aromatic N) is 3. The maximum atomic E-state index is 11.3. The van der Waals surface area contributed by atoms with E-state index < -0.39 is 11.4 Å². The number of aromatic nitrogens is 4. The lowest BCUT2D eigenvalue weighted by Gasteiger charge is -1.98. The molecule has 0 aromatic carbocycles. The molecule has 0 aliphatic heterocycles. The van der Waals surface area contributed by atoms with Crippen LogP contribution in [-0.2, 0) is 7.05 Å². The van der Waals surface area contributed by atoms with Gasteiger partial charge in [-0.25, -0.2) is 19.0 Å². The number of hydrogen-bond donors (Lipinski definition) is 1. The summed E-state index contributed by atoms with van der Waals surface area (Å²) in [6, 6.07) is 0. The van der Waals surface area contributed by atoms with Crippen molar-refractivity contribution < 1.29 is 0 Å². The fourth-order valence-electron chi connectivity index (χ4n) is 1.23. The molecule has 6 nitrogen and oxygen atoms in total. The van der Waals surface area contributed by atoms with Crippen molar-refractivity contribution in [2.75, 3.05) is 0 Å². The molecule has 0 radical (unpaired) electrons. The van der Waals surface area contributed by atoms with Gasteiger partial charge >= 0.3 is 11.4 Å². The minimum Gasteiger partial charge on any atom is -0.266 e. The average molecular weight is 180 g/mol. The molecule has 68 valence electrons. The Bertz CT molecular complexity index is 574. The van der Waals surface area contributed by atoms with Crippen LogP contribution in [0.25, 0.3) is 5.78 Å². The first-order valence-electron chi connectivity index (χ1n) is 3.74. The maximum absolute atomic E-state index is 11.3. The Morgan fingerprint density at radius 2 is 2.08 bits per heavy atom. The van der Waals surface area contributed by atoms with E-state index in [-0.39, 0.29) is 0 Å². The van der Waals surface area contributed by atoms with Crippen LogP contribution in [0.15, 0.2) is 15.8 Å². The molecule has 13 heavy (non-hydrogen) atoms. The van der Waals surface area contributed by atoms with E-state index in [1.165, 1.54) is 8.97 Å². The molecule has 0 bridgehead atoms. The summed E-state index contributed by atoms with van der Waals surface area (Å²) >= 11 is 0. The quantitative estimate of drug-likeness (QED) is 0.567. The van der Waals surface area contributed by atoms with Crippen molar-refractivity contribution in [1.29, 1.82) is 0 Å². The van der Waals surface area contributed by atoms with Gasteiger partial charge in [-0.1, -0.05) is 0 Å². The van der Waals surface area contributed by atoms with Crippen molar-refractivity contribution >= 4 is 5.78 Å². The lowest BCUT2D eigenvalue weighted by Crippen LogP contribution is -2.33. The number of H-pyrrole nitrogens is 1. The Hall–Kier alpha value is -1.85. The second kappa shape index (κ2) is 2.32. The van der Waals surface area contributed by atoms with Gasteiger partial charge in [0.25, 0.3) is 0 Å². The molecule has 1 N–H and O–H groups in total. The third-order valence-corrected chi connectivity index (χ3v) is 1.94. The van der Waals surface area contributed by atoms with Gasteiger partial charge in [0.1, 0.15) is 0 Å². The number of hydrogen-bond acceptors (Lipinski definition) is 3. The van der Waals surface area contributed by atoms with E-state index in [9.17, 15) is 9.59 Å². The monoisotopic (exact) mass is 180 g/mol. The summed E-state index contributed by atoms with van der Waals surface area (Å²) < 4.78 is 2.63. The summed E-state index contributed by atoms with van der Waals surface area (Å²) in [6.45, 7) is 1.75. The van der Waals surface area contributed by atoms with Crippen molar-refractivity contribution in [1.82, 2.24) is 18.9 Å². The molecule has 0 saturated heterocycles. The number of aryl methyl sites for hydroxylation is 2. The van der Waals surface area contributed by atoms with Crippen LogP contribution in [0.3, 0.4) is 0 Å². The molecule has 0 aliphatic rings. The molecule has 6 heteroatoms. The molecule has 2 heterocycles. The lowest BCUT2D eigenvalue weighted by molar-refractivity contribution is 0.756. The third-order valence-electron chi connectivity index (χ3n) is 1.94. The smallest absolute Gasteiger partial charge is 0.266 e. The normalized spacial score (nSPS) is 10.9. The zero-order valence-corrected chi connectivity index (χ0v) is 7.24. The van der Waals surface area contributed by atoms with E-state index in [1.807, 2.05) is 0 Å². The Kier molecular flexibility index (Phi) is 1.39. The van der Waals surface area contributed by atoms with Gasteiger partial charge in [-0.3, -0.25) is 9.55 Å². The molecule has 0 aliphatic carbocycles. The molecular formula is C7H8N4O2. The van der Waals surface area contributed by atoms with Crippen molar-refractivity contribution in [2.45, 2.75) is 6.92 Å². The largest absolute Gasteiger partial charge is 0.336 e. The molecule has 0 fully saturated rings. The van der Waals surface area contributed by atoms with Gasteiger partial charge in [-0.05, 0) is 6.92 Å². The molecule has 0 spiro atoms. The van der Waals surface area contributed by atoms with Crippen LogP contribution in [0, 0.1) is 6.92 Å². The van der Waals surface area contributed by atoms with Gasteiger partial charge in [0, 0.05) is 12.7 Å². The fourth-order valence-corrected chi connectivity index (χ4v) is 1.23. The summed E-state index contributed by atoms with van der Waals surface area (Å²) in [5, 5.41) is 0. The summed E-state index contributed by atoms with van der Waals surface area (Å²) in [6.07, 6.45) is 1.55. The number of nitrogens with one attached hydrogen (secondary N) is 1. The maximum Gasteiger partial charge on any atom is 0.336 e. The zero-order valence-electron chi connectivity index (χ0n) is 7.24. The first-order valence-corrected chi connectivity index (χ1v) is 3.74. The minimum atomic E-state index is -0.455. The van der Waals surface area contributed by atoms with Crippen LogP contribution in [-0.4, -0.2) is 18.9 Å². The molecule has 0 atom stereocenters. The van der Waals surface area contributed by atoms with Crippen molar-refractivity contribution in [3.63, 3.8) is 0 Å². The van der Waals surface area contributed by atoms with Crippen molar-refractivity contribution in [2.24, 2.45) is 7.05 Å². The molecule has 0 amide bonds. The Morgan fingerprint density at radius 1 is 1.38 bits per heavy atom. The second-order valence-corrected chi connectivity index (χ2v) is 2.83. The van der Waals surface area contributed by atoms with E-state index in [4.69, 9.17) is 0 Å². The molecule has 2 rings (SSSR count). The summed E-state index contributed by atoms with van der Waals surface area (Å²) in [5.74, 6) is 0.353. The van der Waals surface area contributed by atoms with Gasteiger partial charge in [-0.15, -0.1) is 0 Å². The summed E-state index contributed by atoms with van der Waals surface area (Å²) in [7, 11) is 1.56. The standard InChI is InChI=1S/C7H8N4O2/c1-4-3-8-5-10(2)6(12)9-7(13)11(4)5/h3H,1-2H3,(H,9,12,13). The highest BCUT2D eigenvalue weighted by molar-refractivity contribution is 5.30. The fraction of sp³-hybridized carbons (Fsp3) is 0.286. The third kappa shape index (κ3) is 0.915. The van der Waals surface area contributed by atoms with Gasteiger partial charge in [0.2, 0.25) is 5.78 Å². The van der Waals surface area contributed by atoms with Crippen molar-refractivity contribution in [3.8, 4) is 0 Å². The van der Waals surface area contributed by atoms with Crippen LogP contribution < -0.4 is 11.4 Å². The summed E-state index contributed by atoms with van der Waals surface area (Å²) in [4.78, 5) is 28.5. The molecule has 0 saturated carbocycles. The highest BCUT2D eigenvalue weighted by Gasteiger charge is 2.06. The topological polar surface area (TPSA) is 72.2 Å². The molecule has 2 aromatic heterocycles. The van der Waals surface area contributed by atoms with Crippen LogP contribution in [0.4, 0.5) is 0 Å². The Labute approximate surface area is 72.5 Å². The van der Waals surface area contributed by atoms with E-state index in [0.717, 1.165) is 0 Å². The Morgan fingerprint density at radius 3 is 2.77 bits per heavy atom. The second-order valence-electron chi connectivity index (χ2n) is 2.83.